The van der Waals surface area contributed by atoms with E-state index in [0.717, 1.165) is 24.1 Å². The fraction of sp³-hybridized carbons (Fsp3) is 0.588. The Hall–Kier alpha value is -1.59. The standard InChI is InChI=1S/C17H26N2O3/c1-11-9-14(10-12(2)22-11)19-16-6-4-5-15(13(16)3)17(21)18-7-8-20/h4-6,11-12,14,19-20H,7-10H2,1-3H3,(H,18,21). The van der Waals surface area contributed by atoms with Crippen LogP contribution in [-0.2, 0) is 4.74 Å². The monoisotopic (exact) mass is 306 g/mol. The minimum atomic E-state index is -0.149. The number of anilines is 1. The summed E-state index contributed by atoms with van der Waals surface area (Å²) < 4.78 is 5.76. The maximum atomic E-state index is 12.1. The lowest BCUT2D eigenvalue weighted by molar-refractivity contribution is -0.0337. The van der Waals surface area contributed by atoms with Crippen LogP contribution in [0.5, 0.6) is 0 Å². The fourth-order valence-electron chi connectivity index (χ4n) is 3.05. The third-order valence-corrected chi connectivity index (χ3v) is 4.03. The van der Waals surface area contributed by atoms with Crippen molar-refractivity contribution in [2.75, 3.05) is 18.5 Å². The van der Waals surface area contributed by atoms with E-state index in [1.807, 2.05) is 25.1 Å². The first-order valence-corrected chi connectivity index (χ1v) is 7.92. The minimum absolute atomic E-state index is 0.0550. The second-order valence-electron chi connectivity index (χ2n) is 6.03. The van der Waals surface area contributed by atoms with Gasteiger partial charge in [-0.25, -0.2) is 0 Å². The average Bonchev–Trinajstić information content (AvgIpc) is 2.46. The molecule has 1 aliphatic heterocycles. The van der Waals surface area contributed by atoms with Gasteiger partial charge < -0.3 is 20.5 Å². The van der Waals surface area contributed by atoms with Crippen molar-refractivity contribution in [1.82, 2.24) is 5.32 Å². The number of aliphatic hydroxyl groups is 1. The van der Waals surface area contributed by atoms with Gasteiger partial charge in [0.05, 0.1) is 18.8 Å². The lowest BCUT2D eigenvalue weighted by Gasteiger charge is -2.33. The topological polar surface area (TPSA) is 70.6 Å². The summed E-state index contributed by atoms with van der Waals surface area (Å²) in [5, 5.41) is 15.1. The van der Waals surface area contributed by atoms with Gasteiger partial charge in [-0.05, 0) is 51.3 Å². The van der Waals surface area contributed by atoms with Crippen LogP contribution < -0.4 is 10.6 Å². The lowest BCUT2D eigenvalue weighted by atomic mass is 9.98. The normalized spacial score (nSPS) is 24.8. The summed E-state index contributed by atoms with van der Waals surface area (Å²) in [4.78, 5) is 12.1. The highest BCUT2D eigenvalue weighted by molar-refractivity contribution is 5.97. The Morgan fingerprint density at radius 1 is 1.32 bits per heavy atom. The number of hydrogen-bond donors (Lipinski definition) is 3. The maximum absolute atomic E-state index is 12.1. The van der Waals surface area contributed by atoms with Crippen molar-refractivity contribution in [1.29, 1.82) is 0 Å². The summed E-state index contributed by atoms with van der Waals surface area (Å²) in [5.74, 6) is -0.149. The Morgan fingerprint density at radius 2 is 2.00 bits per heavy atom. The van der Waals surface area contributed by atoms with Gasteiger partial charge in [-0.1, -0.05) is 6.07 Å². The zero-order chi connectivity index (χ0) is 16.1. The lowest BCUT2D eigenvalue weighted by Crippen LogP contribution is -2.37. The summed E-state index contributed by atoms with van der Waals surface area (Å²) in [5.41, 5.74) is 2.57. The zero-order valence-electron chi connectivity index (χ0n) is 13.6. The second-order valence-corrected chi connectivity index (χ2v) is 6.03. The van der Waals surface area contributed by atoms with Crippen LogP contribution in [0.4, 0.5) is 5.69 Å². The van der Waals surface area contributed by atoms with Gasteiger partial charge in [-0.15, -0.1) is 0 Å². The molecule has 5 nitrogen and oxygen atoms in total. The highest BCUT2D eigenvalue weighted by Gasteiger charge is 2.25. The molecule has 1 saturated heterocycles. The molecule has 1 heterocycles. The molecule has 0 radical (unpaired) electrons. The van der Waals surface area contributed by atoms with E-state index in [4.69, 9.17) is 9.84 Å². The van der Waals surface area contributed by atoms with Crippen molar-refractivity contribution in [2.24, 2.45) is 0 Å². The van der Waals surface area contributed by atoms with Crippen molar-refractivity contribution >= 4 is 11.6 Å². The summed E-state index contributed by atoms with van der Waals surface area (Å²) >= 11 is 0. The number of carbonyl (C=O) groups excluding carboxylic acids is 1. The number of benzene rings is 1. The molecule has 22 heavy (non-hydrogen) atoms. The molecule has 0 saturated carbocycles. The van der Waals surface area contributed by atoms with E-state index in [2.05, 4.69) is 24.5 Å². The molecule has 0 aromatic heterocycles. The zero-order valence-corrected chi connectivity index (χ0v) is 13.6. The summed E-state index contributed by atoms with van der Waals surface area (Å²) in [6, 6.07) is 6.05. The molecule has 0 aliphatic carbocycles. The molecule has 0 spiro atoms. The van der Waals surface area contributed by atoms with Crippen molar-refractivity contribution in [3.63, 3.8) is 0 Å². The fourth-order valence-corrected chi connectivity index (χ4v) is 3.05. The summed E-state index contributed by atoms with van der Waals surface area (Å²) in [7, 11) is 0. The predicted molar refractivity (Wildman–Crippen MR) is 87.3 cm³/mol. The summed E-state index contributed by atoms with van der Waals surface area (Å²) in [6.07, 6.45) is 2.42. The van der Waals surface area contributed by atoms with Gasteiger partial charge in [0.15, 0.2) is 0 Å². The molecule has 2 unspecified atom stereocenters. The smallest absolute Gasteiger partial charge is 0.251 e. The Balaban J connectivity index is 2.10. The van der Waals surface area contributed by atoms with Crippen LogP contribution in [0.1, 0.15) is 42.6 Å². The van der Waals surface area contributed by atoms with Gasteiger partial charge in [-0.3, -0.25) is 4.79 Å². The SMILES string of the molecule is Cc1c(NC2CC(C)OC(C)C2)cccc1C(=O)NCCO. The molecule has 122 valence electrons. The highest BCUT2D eigenvalue weighted by atomic mass is 16.5. The number of carbonyl (C=O) groups is 1. The molecule has 3 N–H and O–H groups in total. The molecule has 5 heteroatoms. The molecule has 1 aromatic rings. The number of nitrogens with one attached hydrogen (secondary N) is 2. The van der Waals surface area contributed by atoms with E-state index in [9.17, 15) is 4.79 Å². The first-order valence-electron chi connectivity index (χ1n) is 7.92. The third-order valence-electron chi connectivity index (χ3n) is 4.03. The second kappa shape index (κ2) is 7.61. The predicted octanol–water partition coefficient (Wildman–Crippen LogP) is 2.09. The first kappa shape index (κ1) is 16.8. The van der Waals surface area contributed by atoms with Crippen LogP contribution in [0.25, 0.3) is 0 Å². The van der Waals surface area contributed by atoms with E-state index in [1.54, 1.807) is 0 Å². The molecular weight excluding hydrogens is 280 g/mol. The average molecular weight is 306 g/mol. The maximum Gasteiger partial charge on any atom is 0.251 e. The van der Waals surface area contributed by atoms with E-state index in [-0.39, 0.29) is 31.3 Å². The van der Waals surface area contributed by atoms with Gasteiger partial charge in [0.1, 0.15) is 0 Å². The number of rotatable bonds is 5. The van der Waals surface area contributed by atoms with Crippen LogP contribution in [0.3, 0.4) is 0 Å². The Morgan fingerprint density at radius 3 is 2.64 bits per heavy atom. The van der Waals surface area contributed by atoms with Crippen LogP contribution >= 0.6 is 0 Å². The van der Waals surface area contributed by atoms with Crippen molar-refractivity contribution in [3.05, 3.63) is 29.3 Å². The van der Waals surface area contributed by atoms with Crippen LogP contribution in [-0.4, -0.2) is 42.4 Å². The van der Waals surface area contributed by atoms with Crippen LogP contribution in [0.2, 0.25) is 0 Å². The van der Waals surface area contributed by atoms with Crippen molar-refractivity contribution in [3.8, 4) is 0 Å². The van der Waals surface area contributed by atoms with Gasteiger partial charge in [-0.2, -0.15) is 0 Å². The van der Waals surface area contributed by atoms with Crippen LogP contribution in [0.15, 0.2) is 18.2 Å². The van der Waals surface area contributed by atoms with Gasteiger partial charge >= 0.3 is 0 Å². The Kier molecular flexibility index (Phi) is 5.80. The van der Waals surface area contributed by atoms with Gasteiger partial charge in [0.25, 0.3) is 5.91 Å². The van der Waals surface area contributed by atoms with Crippen molar-refractivity contribution in [2.45, 2.75) is 51.9 Å². The highest BCUT2D eigenvalue weighted by Crippen LogP contribution is 2.25. The van der Waals surface area contributed by atoms with Crippen LogP contribution in [0, 0.1) is 6.92 Å². The van der Waals surface area contributed by atoms with Gasteiger partial charge in [0, 0.05) is 23.8 Å². The molecule has 1 amide bonds. The molecule has 1 aliphatic rings. The van der Waals surface area contributed by atoms with E-state index in [0.29, 0.717) is 11.6 Å². The number of aliphatic hydroxyl groups excluding tert-OH is 1. The minimum Gasteiger partial charge on any atom is -0.395 e. The van der Waals surface area contributed by atoms with E-state index >= 15 is 0 Å². The molecule has 1 aromatic carbocycles. The molecule has 1 fully saturated rings. The molecular formula is C17H26N2O3. The molecule has 2 atom stereocenters. The molecule has 0 bridgehead atoms. The Bertz CT molecular complexity index is 509. The Labute approximate surface area is 132 Å². The summed E-state index contributed by atoms with van der Waals surface area (Å²) in [6.45, 7) is 6.35. The van der Waals surface area contributed by atoms with Gasteiger partial charge in [0.2, 0.25) is 0 Å². The number of hydrogen-bond acceptors (Lipinski definition) is 4. The van der Waals surface area contributed by atoms with E-state index in [1.165, 1.54) is 0 Å². The van der Waals surface area contributed by atoms with E-state index < -0.39 is 0 Å². The number of ether oxygens (including phenoxy) is 1. The first-order chi connectivity index (χ1) is 10.5. The third kappa shape index (κ3) is 4.21. The van der Waals surface area contributed by atoms with Crippen molar-refractivity contribution < 1.29 is 14.6 Å². The largest absolute Gasteiger partial charge is 0.395 e. The quantitative estimate of drug-likeness (QED) is 0.779. The number of amides is 1. The molecule has 2 rings (SSSR count).